The molecule has 1 aromatic carbocycles. The highest BCUT2D eigenvalue weighted by molar-refractivity contribution is 5.94. The zero-order valence-corrected chi connectivity index (χ0v) is 11.1. The van der Waals surface area contributed by atoms with E-state index in [1.165, 1.54) is 11.1 Å². The number of hydrogen-bond acceptors (Lipinski definition) is 3. The Morgan fingerprint density at radius 1 is 1.29 bits per heavy atom. The Morgan fingerprint density at radius 3 is 2.62 bits per heavy atom. The average molecular weight is 291 g/mol. The van der Waals surface area contributed by atoms with Crippen LogP contribution in [-0.2, 0) is 0 Å². The van der Waals surface area contributed by atoms with Gasteiger partial charge >= 0.3 is 6.18 Å². The van der Waals surface area contributed by atoms with E-state index in [4.69, 9.17) is 0 Å². The molecule has 0 unspecified atom stereocenters. The van der Waals surface area contributed by atoms with Gasteiger partial charge in [0.15, 0.2) is 0 Å². The Kier molecular flexibility index (Phi) is 3.20. The number of alkyl halides is 3. The highest BCUT2D eigenvalue weighted by Crippen LogP contribution is 2.39. The van der Waals surface area contributed by atoms with Crippen molar-refractivity contribution in [1.29, 1.82) is 5.26 Å². The molecule has 108 valence electrons. The summed E-state index contributed by atoms with van der Waals surface area (Å²) in [7, 11) is 0. The van der Waals surface area contributed by atoms with Gasteiger partial charge in [0.05, 0.1) is 16.8 Å². The van der Waals surface area contributed by atoms with Gasteiger partial charge in [-0.2, -0.15) is 18.4 Å². The Morgan fingerprint density at radius 2 is 2.00 bits per heavy atom. The molecule has 1 aliphatic rings. The van der Waals surface area contributed by atoms with Crippen molar-refractivity contribution >= 4 is 16.6 Å². The van der Waals surface area contributed by atoms with Gasteiger partial charge in [0.1, 0.15) is 12.6 Å². The van der Waals surface area contributed by atoms with Crippen molar-refractivity contribution in [2.75, 3.05) is 11.4 Å². The van der Waals surface area contributed by atoms with Gasteiger partial charge in [-0.15, -0.1) is 0 Å². The van der Waals surface area contributed by atoms with Crippen molar-refractivity contribution in [3.05, 3.63) is 36.0 Å². The first kappa shape index (κ1) is 13.7. The molecule has 1 heterocycles. The molecular weight excluding hydrogens is 279 g/mol. The van der Waals surface area contributed by atoms with Crippen LogP contribution in [-0.4, -0.2) is 23.7 Å². The van der Waals surface area contributed by atoms with Gasteiger partial charge in [-0.25, -0.2) is 0 Å². The van der Waals surface area contributed by atoms with Gasteiger partial charge in [0, 0.05) is 17.6 Å². The molecule has 0 atom stereocenters. The molecule has 6 heteroatoms. The maximum atomic E-state index is 12.9. The molecule has 0 bridgehead atoms. The summed E-state index contributed by atoms with van der Waals surface area (Å²) >= 11 is 0. The normalized spacial score (nSPS) is 15.0. The molecule has 0 spiro atoms. The van der Waals surface area contributed by atoms with Crippen molar-refractivity contribution in [3.63, 3.8) is 0 Å². The molecule has 3 rings (SSSR count). The maximum Gasteiger partial charge on any atom is 0.405 e. The van der Waals surface area contributed by atoms with Crippen LogP contribution < -0.4 is 4.90 Å². The molecule has 0 aliphatic heterocycles. The van der Waals surface area contributed by atoms with Crippen LogP contribution >= 0.6 is 0 Å². The fourth-order valence-electron chi connectivity index (χ4n) is 2.49. The molecule has 1 saturated carbocycles. The van der Waals surface area contributed by atoms with Crippen LogP contribution in [0.15, 0.2) is 30.5 Å². The number of benzene rings is 1. The number of nitriles is 1. The first-order valence-electron chi connectivity index (χ1n) is 6.61. The maximum absolute atomic E-state index is 12.9. The SMILES string of the molecule is N#Cc1cnc2ccccc2c1N(CC(F)(F)F)C1CC1. The van der Waals surface area contributed by atoms with Crippen LogP contribution in [0.1, 0.15) is 18.4 Å². The fraction of sp³-hybridized carbons (Fsp3) is 0.333. The van der Waals surface area contributed by atoms with Crippen LogP contribution in [0.5, 0.6) is 0 Å². The lowest BCUT2D eigenvalue weighted by Crippen LogP contribution is -2.36. The minimum absolute atomic E-state index is 0.149. The smallest absolute Gasteiger partial charge is 0.358 e. The minimum Gasteiger partial charge on any atom is -0.358 e. The summed E-state index contributed by atoms with van der Waals surface area (Å²) in [6, 6.07) is 8.78. The first-order valence-corrected chi connectivity index (χ1v) is 6.61. The first-order chi connectivity index (χ1) is 9.99. The molecule has 21 heavy (non-hydrogen) atoms. The van der Waals surface area contributed by atoms with Gasteiger partial charge < -0.3 is 4.90 Å². The van der Waals surface area contributed by atoms with Gasteiger partial charge in [-0.05, 0) is 18.9 Å². The summed E-state index contributed by atoms with van der Waals surface area (Å²) in [5.41, 5.74) is 1.13. The Balaban J connectivity index is 2.18. The third-order valence-corrected chi connectivity index (χ3v) is 3.49. The Labute approximate surface area is 119 Å². The van der Waals surface area contributed by atoms with Crippen molar-refractivity contribution in [2.45, 2.75) is 25.1 Å². The second-order valence-electron chi connectivity index (χ2n) is 5.12. The van der Waals surface area contributed by atoms with Crippen LogP contribution in [0, 0.1) is 11.3 Å². The van der Waals surface area contributed by atoms with Crippen LogP contribution in [0.25, 0.3) is 10.9 Å². The summed E-state index contributed by atoms with van der Waals surface area (Å²) in [6.45, 7) is -1.04. The molecule has 1 aliphatic carbocycles. The van der Waals surface area contributed by atoms with Gasteiger partial charge in [-0.1, -0.05) is 18.2 Å². The minimum atomic E-state index is -4.31. The fourth-order valence-corrected chi connectivity index (χ4v) is 2.49. The zero-order chi connectivity index (χ0) is 15.0. The average Bonchev–Trinajstić information content (AvgIpc) is 3.27. The molecule has 1 aromatic heterocycles. The number of rotatable bonds is 3. The second kappa shape index (κ2) is 4.92. The van der Waals surface area contributed by atoms with Crippen molar-refractivity contribution in [3.8, 4) is 6.07 Å². The number of nitrogens with zero attached hydrogens (tertiary/aromatic N) is 3. The van der Waals surface area contributed by atoms with Crippen LogP contribution in [0.4, 0.5) is 18.9 Å². The zero-order valence-electron chi connectivity index (χ0n) is 11.1. The number of hydrogen-bond donors (Lipinski definition) is 0. The lowest BCUT2D eigenvalue weighted by atomic mass is 10.1. The summed E-state index contributed by atoms with van der Waals surface area (Å²) in [6.07, 6.45) is -1.52. The molecule has 0 radical (unpaired) electrons. The van der Waals surface area contributed by atoms with Gasteiger partial charge in [0.25, 0.3) is 0 Å². The van der Waals surface area contributed by atoms with E-state index >= 15 is 0 Å². The van der Waals surface area contributed by atoms with E-state index in [2.05, 4.69) is 4.98 Å². The number of anilines is 1. The number of aromatic nitrogens is 1. The van der Waals surface area contributed by atoms with E-state index < -0.39 is 12.7 Å². The van der Waals surface area contributed by atoms with E-state index in [0.717, 1.165) is 12.8 Å². The highest BCUT2D eigenvalue weighted by Gasteiger charge is 2.39. The third-order valence-electron chi connectivity index (χ3n) is 3.49. The quantitative estimate of drug-likeness (QED) is 0.866. The monoisotopic (exact) mass is 291 g/mol. The third kappa shape index (κ3) is 2.77. The van der Waals surface area contributed by atoms with E-state index in [1.54, 1.807) is 24.3 Å². The summed E-state index contributed by atoms with van der Waals surface area (Å²) in [5.74, 6) is 0. The lowest BCUT2D eigenvalue weighted by Gasteiger charge is -2.27. The topological polar surface area (TPSA) is 39.9 Å². The molecule has 0 amide bonds. The summed E-state index contributed by atoms with van der Waals surface area (Å²) in [5, 5.41) is 9.82. The van der Waals surface area contributed by atoms with Crippen molar-refractivity contribution < 1.29 is 13.2 Å². The van der Waals surface area contributed by atoms with E-state index in [0.29, 0.717) is 16.6 Å². The summed E-state index contributed by atoms with van der Waals surface area (Å²) < 4.78 is 38.6. The van der Waals surface area contributed by atoms with E-state index in [9.17, 15) is 18.4 Å². The van der Waals surface area contributed by atoms with Gasteiger partial charge in [0.2, 0.25) is 0 Å². The van der Waals surface area contributed by atoms with Crippen LogP contribution in [0.2, 0.25) is 0 Å². The van der Waals surface area contributed by atoms with Crippen molar-refractivity contribution in [2.24, 2.45) is 0 Å². The van der Waals surface area contributed by atoms with Crippen molar-refractivity contribution in [1.82, 2.24) is 4.98 Å². The molecule has 2 aromatic rings. The Hall–Kier alpha value is -2.29. The molecule has 0 saturated heterocycles. The number of fused-ring (bicyclic) bond motifs is 1. The van der Waals surface area contributed by atoms with E-state index in [-0.39, 0.29) is 11.6 Å². The summed E-state index contributed by atoms with van der Waals surface area (Å²) in [4.78, 5) is 5.45. The molecule has 3 nitrogen and oxygen atoms in total. The van der Waals surface area contributed by atoms with E-state index in [1.807, 2.05) is 6.07 Å². The second-order valence-corrected chi connectivity index (χ2v) is 5.12. The lowest BCUT2D eigenvalue weighted by molar-refractivity contribution is -0.119. The highest BCUT2D eigenvalue weighted by atomic mass is 19.4. The number of halogens is 3. The largest absolute Gasteiger partial charge is 0.405 e. The molecular formula is C15H12F3N3. The van der Waals surface area contributed by atoms with Crippen LogP contribution in [0.3, 0.4) is 0 Å². The molecule has 1 fully saturated rings. The standard InChI is InChI=1S/C15H12F3N3/c16-15(17,18)9-21(11-5-6-11)14-10(7-19)8-20-13-4-2-1-3-12(13)14/h1-4,8,11H,5-6,9H2. The number of para-hydroxylation sites is 1. The predicted molar refractivity (Wildman–Crippen MR) is 72.9 cm³/mol. The predicted octanol–water partition coefficient (Wildman–Crippen LogP) is 3.64. The van der Waals surface area contributed by atoms with Gasteiger partial charge in [-0.3, -0.25) is 4.98 Å². The molecule has 0 N–H and O–H groups in total. The Bertz CT molecular complexity index is 714. The number of pyridine rings is 1.